The molecule has 1 saturated carbocycles. The van der Waals surface area contributed by atoms with E-state index in [-0.39, 0.29) is 5.91 Å². The van der Waals surface area contributed by atoms with Crippen molar-refractivity contribution in [1.29, 1.82) is 0 Å². The van der Waals surface area contributed by atoms with E-state index in [0.717, 1.165) is 32.7 Å². The predicted octanol–water partition coefficient (Wildman–Crippen LogP) is 1.32. The first-order valence-electron chi connectivity index (χ1n) is 7.88. The maximum absolute atomic E-state index is 12.1. The van der Waals surface area contributed by atoms with Crippen LogP contribution in [0.15, 0.2) is 0 Å². The van der Waals surface area contributed by atoms with Crippen molar-refractivity contribution < 1.29 is 4.79 Å². The topological polar surface area (TPSA) is 35.6 Å². The van der Waals surface area contributed by atoms with Gasteiger partial charge in [-0.15, -0.1) is 0 Å². The van der Waals surface area contributed by atoms with E-state index in [1.807, 2.05) is 4.90 Å². The highest BCUT2D eigenvalue weighted by molar-refractivity contribution is 5.78. The summed E-state index contributed by atoms with van der Waals surface area (Å²) in [5.41, 5.74) is 0. The molecule has 2 rings (SSSR count). The highest BCUT2D eigenvalue weighted by Crippen LogP contribution is 2.17. The summed E-state index contributed by atoms with van der Waals surface area (Å²) in [6.07, 6.45) is 5.13. The summed E-state index contributed by atoms with van der Waals surface area (Å²) in [6.45, 7) is 10.1. The number of hydrogen-bond donors (Lipinski definition) is 1. The second kappa shape index (κ2) is 7.25. The van der Waals surface area contributed by atoms with Crippen LogP contribution in [0.3, 0.4) is 0 Å². The first-order valence-corrected chi connectivity index (χ1v) is 7.88. The Morgan fingerprint density at radius 2 is 1.79 bits per heavy atom. The molecular weight excluding hydrogens is 238 g/mol. The molecule has 0 radical (unpaired) electrons. The normalized spacial score (nSPS) is 22.4. The molecule has 4 nitrogen and oxygen atoms in total. The third-order valence-electron chi connectivity index (χ3n) is 4.25. The molecule has 1 heterocycles. The molecule has 2 aliphatic rings. The maximum atomic E-state index is 12.1. The summed E-state index contributed by atoms with van der Waals surface area (Å²) in [5.74, 6) is 1.00. The van der Waals surface area contributed by atoms with E-state index in [9.17, 15) is 4.79 Å². The maximum Gasteiger partial charge on any atom is 0.236 e. The number of piperazine rings is 1. The number of amides is 1. The zero-order valence-electron chi connectivity index (χ0n) is 12.5. The number of carbonyl (C=O) groups is 1. The van der Waals surface area contributed by atoms with Gasteiger partial charge in [-0.2, -0.15) is 0 Å². The lowest BCUT2D eigenvalue weighted by molar-refractivity contribution is -0.132. The number of nitrogens with zero attached hydrogens (tertiary/aromatic N) is 2. The molecule has 19 heavy (non-hydrogen) atoms. The Morgan fingerprint density at radius 1 is 1.16 bits per heavy atom. The minimum atomic E-state index is 0.288. The van der Waals surface area contributed by atoms with Crippen LogP contribution in [-0.2, 0) is 4.79 Å². The smallest absolute Gasteiger partial charge is 0.236 e. The zero-order valence-corrected chi connectivity index (χ0v) is 12.5. The standard InChI is InChI=1S/C15H29N3O/c1-13(2)12-17-7-9-18(10-8-17)15(19)11-16-14-5-3-4-6-14/h13-14,16H,3-12H2,1-2H3. The number of nitrogens with one attached hydrogen (secondary N) is 1. The third-order valence-corrected chi connectivity index (χ3v) is 4.25. The summed E-state index contributed by atoms with van der Waals surface area (Å²) < 4.78 is 0. The molecule has 0 unspecified atom stereocenters. The predicted molar refractivity (Wildman–Crippen MR) is 78.1 cm³/mol. The van der Waals surface area contributed by atoms with Crippen molar-refractivity contribution in [2.24, 2.45) is 5.92 Å². The first-order chi connectivity index (χ1) is 9.15. The molecule has 0 aromatic heterocycles. The zero-order chi connectivity index (χ0) is 13.7. The average molecular weight is 267 g/mol. The lowest BCUT2D eigenvalue weighted by Gasteiger charge is -2.35. The van der Waals surface area contributed by atoms with Crippen LogP contribution < -0.4 is 5.32 Å². The van der Waals surface area contributed by atoms with Crippen molar-refractivity contribution in [2.45, 2.75) is 45.6 Å². The van der Waals surface area contributed by atoms with E-state index in [2.05, 4.69) is 24.1 Å². The molecule has 0 aromatic rings. The number of carbonyl (C=O) groups excluding carboxylic acids is 1. The largest absolute Gasteiger partial charge is 0.339 e. The highest BCUT2D eigenvalue weighted by atomic mass is 16.2. The fourth-order valence-corrected chi connectivity index (χ4v) is 3.17. The van der Waals surface area contributed by atoms with Crippen molar-refractivity contribution >= 4 is 5.91 Å². The van der Waals surface area contributed by atoms with Gasteiger partial charge in [-0.1, -0.05) is 26.7 Å². The molecule has 4 heteroatoms. The van der Waals surface area contributed by atoms with Crippen molar-refractivity contribution in [1.82, 2.24) is 15.1 Å². The molecule has 0 atom stereocenters. The minimum Gasteiger partial charge on any atom is -0.339 e. The molecule has 2 fully saturated rings. The molecule has 1 aliphatic heterocycles. The van der Waals surface area contributed by atoms with Gasteiger partial charge in [0.05, 0.1) is 6.54 Å². The van der Waals surface area contributed by atoms with Gasteiger partial charge in [-0.25, -0.2) is 0 Å². The van der Waals surface area contributed by atoms with Gasteiger partial charge >= 0.3 is 0 Å². The van der Waals surface area contributed by atoms with Crippen LogP contribution in [0.5, 0.6) is 0 Å². The summed E-state index contributed by atoms with van der Waals surface area (Å²) in [4.78, 5) is 16.6. The quantitative estimate of drug-likeness (QED) is 0.816. The van der Waals surface area contributed by atoms with E-state index in [1.165, 1.54) is 25.7 Å². The van der Waals surface area contributed by atoms with E-state index < -0.39 is 0 Å². The second-order valence-corrected chi connectivity index (χ2v) is 6.44. The van der Waals surface area contributed by atoms with Gasteiger partial charge in [0.2, 0.25) is 5.91 Å². The van der Waals surface area contributed by atoms with Gasteiger partial charge in [-0.3, -0.25) is 9.69 Å². The summed E-state index contributed by atoms with van der Waals surface area (Å²) in [7, 11) is 0. The van der Waals surface area contributed by atoms with Crippen molar-refractivity contribution in [3.8, 4) is 0 Å². The molecule has 1 aliphatic carbocycles. The number of rotatable bonds is 5. The minimum absolute atomic E-state index is 0.288. The lowest BCUT2D eigenvalue weighted by atomic mass is 10.2. The second-order valence-electron chi connectivity index (χ2n) is 6.44. The van der Waals surface area contributed by atoms with Crippen LogP contribution in [0.25, 0.3) is 0 Å². The molecule has 1 amide bonds. The molecular formula is C15H29N3O. The fourth-order valence-electron chi connectivity index (χ4n) is 3.17. The van der Waals surface area contributed by atoms with Crippen LogP contribution in [-0.4, -0.2) is 61.0 Å². The van der Waals surface area contributed by atoms with Gasteiger partial charge in [-0.05, 0) is 18.8 Å². The van der Waals surface area contributed by atoms with E-state index in [0.29, 0.717) is 18.5 Å². The summed E-state index contributed by atoms with van der Waals surface area (Å²) in [5, 5.41) is 3.42. The molecule has 1 N–H and O–H groups in total. The van der Waals surface area contributed by atoms with Crippen LogP contribution in [0.1, 0.15) is 39.5 Å². The number of hydrogen-bond acceptors (Lipinski definition) is 3. The van der Waals surface area contributed by atoms with Gasteiger partial charge in [0.1, 0.15) is 0 Å². The summed E-state index contributed by atoms with van der Waals surface area (Å²) in [6, 6.07) is 0.589. The van der Waals surface area contributed by atoms with Gasteiger partial charge in [0.25, 0.3) is 0 Å². The lowest BCUT2D eigenvalue weighted by Crippen LogP contribution is -2.51. The first kappa shape index (κ1) is 14.8. The van der Waals surface area contributed by atoms with Gasteiger partial charge < -0.3 is 10.2 Å². The van der Waals surface area contributed by atoms with E-state index in [4.69, 9.17) is 0 Å². The molecule has 0 spiro atoms. The molecule has 110 valence electrons. The highest BCUT2D eigenvalue weighted by Gasteiger charge is 2.22. The Labute approximate surface area is 117 Å². The fraction of sp³-hybridized carbons (Fsp3) is 0.933. The Bertz CT molecular complexity index is 279. The van der Waals surface area contributed by atoms with Crippen molar-refractivity contribution in [3.63, 3.8) is 0 Å². The third kappa shape index (κ3) is 4.77. The van der Waals surface area contributed by atoms with E-state index >= 15 is 0 Å². The Morgan fingerprint density at radius 3 is 2.37 bits per heavy atom. The molecule has 0 aromatic carbocycles. The molecule has 0 bridgehead atoms. The Kier molecular flexibility index (Phi) is 5.64. The van der Waals surface area contributed by atoms with Crippen LogP contribution >= 0.6 is 0 Å². The Hall–Kier alpha value is -0.610. The Balaban J connectivity index is 1.64. The van der Waals surface area contributed by atoms with Gasteiger partial charge in [0.15, 0.2) is 0 Å². The SMILES string of the molecule is CC(C)CN1CCN(C(=O)CNC2CCCC2)CC1. The van der Waals surface area contributed by atoms with Crippen molar-refractivity contribution in [3.05, 3.63) is 0 Å². The van der Waals surface area contributed by atoms with Crippen LogP contribution in [0.2, 0.25) is 0 Å². The van der Waals surface area contributed by atoms with Gasteiger partial charge in [0, 0.05) is 38.8 Å². The monoisotopic (exact) mass is 267 g/mol. The summed E-state index contributed by atoms with van der Waals surface area (Å²) >= 11 is 0. The van der Waals surface area contributed by atoms with E-state index in [1.54, 1.807) is 0 Å². The molecule has 1 saturated heterocycles. The van der Waals surface area contributed by atoms with Crippen LogP contribution in [0.4, 0.5) is 0 Å². The average Bonchev–Trinajstić information content (AvgIpc) is 2.89. The van der Waals surface area contributed by atoms with Crippen molar-refractivity contribution in [2.75, 3.05) is 39.3 Å². The van der Waals surface area contributed by atoms with Crippen LogP contribution in [0, 0.1) is 5.92 Å².